The number of hydrogen-bond acceptors (Lipinski definition) is 4. The lowest BCUT2D eigenvalue weighted by Gasteiger charge is -2.17. The maximum absolute atomic E-state index is 11.7. The number of carbonyl (C=O) groups is 2. The van der Waals surface area contributed by atoms with Crippen LogP contribution in [0.25, 0.3) is 0 Å². The summed E-state index contributed by atoms with van der Waals surface area (Å²) in [6.45, 7) is 2.23. The molecule has 0 saturated carbocycles. The highest BCUT2D eigenvalue weighted by Crippen LogP contribution is 2.19. The van der Waals surface area contributed by atoms with E-state index in [-0.39, 0.29) is 31.1 Å². The second-order valence-electron chi connectivity index (χ2n) is 4.83. The molecule has 0 spiro atoms. The van der Waals surface area contributed by atoms with E-state index in [4.69, 9.17) is 9.47 Å². The number of cyclic esters (lactones) is 1. The number of esters is 1. The van der Waals surface area contributed by atoms with Crippen molar-refractivity contribution in [2.45, 2.75) is 44.9 Å². The first-order valence-corrected chi connectivity index (χ1v) is 6.85. The largest absolute Gasteiger partial charge is 0.460 e. The van der Waals surface area contributed by atoms with Gasteiger partial charge in [0, 0.05) is 0 Å². The summed E-state index contributed by atoms with van der Waals surface area (Å²) in [6.07, 6.45) is 1.10. The molecule has 1 amide bonds. The molecule has 0 aliphatic carbocycles. The Bertz CT molecular complexity index is 460. The van der Waals surface area contributed by atoms with Crippen LogP contribution in [0.3, 0.4) is 0 Å². The summed E-state index contributed by atoms with van der Waals surface area (Å²) in [5, 5.41) is 2.71. The predicted molar refractivity (Wildman–Crippen MR) is 73.0 cm³/mol. The van der Waals surface area contributed by atoms with Gasteiger partial charge in [0.05, 0.1) is 12.5 Å². The molecule has 0 bridgehead atoms. The standard InChI is InChI=1S/C15H19NO4/c1-2-6-13-12(9-14(17)20-13)16-15(18)19-10-11-7-4-3-5-8-11/h3-5,7-8,12-13H,2,6,9-10H2,1H3,(H,16,18)/t12-,13-/m0/s1. The van der Waals surface area contributed by atoms with Crippen molar-refractivity contribution in [1.29, 1.82) is 0 Å². The quantitative estimate of drug-likeness (QED) is 0.839. The van der Waals surface area contributed by atoms with Crippen LogP contribution in [0.2, 0.25) is 0 Å². The minimum absolute atomic E-state index is 0.213. The van der Waals surface area contributed by atoms with Crippen LogP contribution >= 0.6 is 0 Å². The van der Waals surface area contributed by atoms with E-state index in [1.807, 2.05) is 37.3 Å². The molecule has 1 aromatic rings. The molecule has 108 valence electrons. The summed E-state index contributed by atoms with van der Waals surface area (Å²) in [5.41, 5.74) is 0.923. The van der Waals surface area contributed by atoms with Crippen LogP contribution in [-0.2, 0) is 20.9 Å². The summed E-state index contributed by atoms with van der Waals surface area (Å²) >= 11 is 0. The molecule has 1 aliphatic rings. The van der Waals surface area contributed by atoms with E-state index in [2.05, 4.69) is 5.32 Å². The highest BCUT2D eigenvalue weighted by atomic mass is 16.6. The van der Waals surface area contributed by atoms with Gasteiger partial charge in [-0.3, -0.25) is 4.79 Å². The molecule has 1 N–H and O–H groups in total. The minimum Gasteiger partial charge on any atom is -0.460 e. The van der Waals surface area contributed by atoms with Crippen LogP contribution in [-0.4, -0.2) is 24.2 Å². The molecule has 1 aromatic carbocycles. The van der Waals surface area contributed by atoms with Crippen molar-refractivity contribution in [2.75, 3.05) is 0 Å². The Kier molecular flexibility index (Phi) is 4.98. The van der Waals surface area contributed by atoms with Crippen molar-refractivity contribution in [1.82, 2.24) is 5.32 Å². The van der Waals surface area contributed by atoms with Gasteiger partial charge < -0.3 is 14.8 Å². The fraction of sp³-hybridized carbons (Fsp3) is 0.467. The van der Waals surface area contributed by atoms with E-state index < -0.39 is 6.09 Å². The zero-order valence-electron chi connectivity index (χ0n) is 11.5. The average Bonchev–Trinajstić information content (AvgIpc) is 2.78. The molecule has 20 heavy (non-hydrogen) atoms. The number of ether oxygens (including phenoxy) is 2. The smallest absolute Gasteiger partial charge is 0.407 e. The van der Waals surface area contributed by atoms with Gasteiger partial charge in [-0.1, -0.05) is 43.7 Å². The second-order valence-corrected chi connectivity index (χ2v) is 4.83. The number of carbonyl (C=O) groups excluding carboxylic acids is 2. The van der Waals surface area contributed by atoms with Gasteiger partial charge in [-0.05, 0) is 12.0 Å². The molecule has 1 saturated heterocycles. The molecule has 2 rings (SSSR count). The summed E-state index contributed by atoms with van der Waals surface area (Å²) in [7, 11) is 0. The Hall–Kier alpha value is -2.04. The van der Waals surface area contributed by atoms with Crippen LogP contribution in [0, 0.1) is 0 Å². The number of amides is 1. The Labute approximate surface area is 118 Å². The van der Waals surface area contributed by atoms with Gasteiger partial charge in [-0.2, -0.15) is 0 Å². The van der Waals surface area contributed by atoms with Crippen LogP contribution in [0.5, 0.6) is 0 Å². The summed E-state index contributed by atoms with van der Waals surface area (Å²) in [6, 6.07) is 9.16. The van der Waals surface area contributed by atoms with Gasteiger partial charge >= 0.3 is 12.1 Å². The normalized spacial score (nSPS) is 21.4. The zero-order valence-corrected chi connectivity index (χ0v) is 11.5. The molecular weight excluding hydrogens is 258 g/mol. The molecule has 5 nitrogen and oxygen atoms in total. The van der Waals surface area contributed by atoms with E-state index in [1.54, 1.807) is 0 Å². The van der Waals surface area contributed by atoms with Crippen molar-refractivity contribution in [3.05, 3.63) is 35.9 Å². The molecular formula is C15H19NO4. The van der Waals surface area contributed by atoms with Crippen LogP contribution in [0.1, 0.15) is 31.7 Å². The predicted octanol–water partition coefficient (Wildman–Crippen LogP) is 2.40. The first-order valence-electron chi connectivity index (χ1n) is 6.85. The first-order chi connectivity index (χ1) is 9.69. The molecule has 0 aromatic heterocycles. The average molecular weight is 277 g/mol. The lowest BCUT2D eigenvalue weighted by molar-refractivity contribution is -0.141. The van der Waals surface area contributed by atoms with E-state index in [9.17, 15) is 9.59 Å². The van der Waals surface area contributed by atoms with Gasteiger partial charge in [0.1, 0.15) is 12.7 Å². The number of alkyl carbamates (subject to hydrolysis) is 1. The lowest BCUT2D eigenvalue weighted by Crippen LogP contribution is -2.40. The van der Waals surface area contributed by atoms with Gasteiger partial charge in [-0.25, -0.2) is 4.79 Å². The van der Waals surface area contributed by atoms with Crippen molar-refractivity contribution in [3.8, 4) is 0 Å². The highest BCUT2D eigenvalue weighted by Gasteiger charge is 2.35. The molecule has 2 atom stereocenters. The Morgan fingerprint density at radius 1 is 1.40 bits per heavy atom. The van der Waals surface area contributed by atoms with E-state index in [0.29, 0.717) is 0 Å². The van der Waals surface area contributed by atoms with Crippen molar-refractivity contribution < 1.29 is 19.1 Å². The monoisotopic (exact) mass is 277 g/mol. The lowest BCUT2D eigenvalue weighted by atomic mass is 10.1. The number of nitrogens with one attached hydrogen (secondary N) is 1. The van der Waals surface area contributed by atoms with Crippen molar-refractivity contribution in [3.63, 3.8) is 0 Å². The van der Waals surface area contributed by atoms with E-state index >= 15 is 0 Å². The molecule has 1 aliphatic heterocycles. The minimum atomic E-state index is -0.516. The summed E-state index contributed by atoms with van der Waals surface area (Å²) < 4.78 is 10.3. The summed E-state index contributed by atoms with van der Waals surface area (Å²) in [4.78, 5) is 23.0. The van der Waals surface area contributed by atoms with Crippen molar-refractivity contribution in [2.24, 2.45) is 0 Å². The Morgan fingerprint density at radius 3 is 2.85 bits per heavy atom. The highest BCUT2D eigenvalue weighted by molar-refractivity contribution is 5.75. The zero-order chi connectivity index (χ0) is 14.4. The number of benzene rings is 1. The van der Waals surface area contributed by atoms with Gasteiger partial charge in [-0.15, -0.1) is 0 Å². The fourth-order valence-electron chi connectivity index (χ4n) is 2.21. The van der Waals surface area contributed by atoms with E-state index in [0.717, 1.165) is 18.4 Å². The van der Waals surface area contributed by atoms with Crippen LogP contribution in [0.4, 0.5) is 4.79 Å². The third-order valence-electron chi connectivity index (χ3n) is 3.21. The SMILES string of the molecule is CCC[C@@H]1OC(=O)C[C@@H]1NC(=O)OCc1ccccc1. The molecule has 1 heterocycles. The second kappa shape index (κ2) is 6.93. The molecule has 5 heteroatoms. The number of rotatable bonds is 5. The molecule has 0 radical (unpaired) electrons. The summed E-state index contributed by atoms with van der Waals surface area (Å²) in [5.74, 6) is -0.267. The Balaban J connectivity index is 1.80. The van der Waals surface area contributed by atoms with Crippen LogP contribution in [0.15, 0.2) is 30.3 Å². The third-order valence-corrected chi connectivity index (χ3v) is 3.21. The van der Waals surface area contributed by atoms with Crippen LogP contribution < -0.4 is 5.32 Å². The first kappa shape index (κ1) is 14.4. The maximum atomic E-state index is 11.7. The van der Waals surface area contributed by atoms with Gasteiger partial charge in [0.2, 0.25) is 0 Å². The van der Waals surface area contributed by atoms with Gasteiger partial charge in [0.25, 0.3) is 0 Å². The molecule has 1 fully saturated rings. The van der Waals surface area contributed by atoms with Crippen molar-refractivity contribution >= 4 is 12.1 Å². The Morgan fingerprint density at radius 2 is 2.15 bits per heavy atom. The number of hydrogen-bond donors (Lipinski definition) is 1. The van der Waals surface area contributed by atoms with Gasteiger partial charge in [0.15, 0.2) is 0 Å². The maximum Gasteiger partial charge on any atom is 0.407 e. The van der Waals surface area contributed by atoms with E-state index in [1.165, 1.54) is 0 Å². The topological polar surface area (TPSA) is 64.6 Å². The molecule has 0 unspecified atom stereocenters. The fourth-order valence-corrected chi connectivity index (χ4v) is 2.21. The third kappa shape index (κ3) is 3.98.